The quantitative estimate of drug-likeness (QED) is 0.751. The Labute approximate surface area is 109 Å². The van der Waals surface area contributed by atoms with E-state index in [1.54, 1.807) is 6.92 Å². The van der Waals surface area contributed by atoms with Gasteiger partial charge >= 0.3 is 0 Å². The summed E-state index contributed by atoms with van der Waals surface area (Å²) in [5.74, 6) is 7.30. The summed E-state index contributed by atoms with van der Waals surface area (Å²) in [6, 6.07) is 5.95. The van der Waals surface area contributed by atoms with E-state index in [1.165, 1.54) is 0 Å². The summed E-state index contributed by atoms with van der Waals surface area (Å²) in [7, 11) is 0. The lowest BCUT2D eigenvalue weighted by atomic mass is 10.2. The van der Waals surface area contributed by atoms with Crippen LogP contribution >= 0.6 is 0 Å². The lowest BCUT2D eigenvalue weighted by Gasteiger charge is -2.14. The fraction of sp³-hybridized carbons (Fsp3) is 0.467. The second kappa shape index (κ2) is 8.43. The molecule has 0 aromatic heterocycles. The Morgan fingerprint density at radius 3 is 2.72 bits per heavy atom. The molecule has 0 spiro atoms. The molecule has 0 heterocycles. The summed E-state index contributed by atoms with van der Waals surface area (Å²) in [5, 5.41) is 3.29. The molecule has 1 rings (SSSR count). The molecule has 18 heavy (non-hydrogen) atoms. The first-order chi connectivity index (χ1) is 8.83. The van der Waals surface area contributed by atoms with Gasteiger partial charge in [-0.3, -0.25) is 0 Å². The van der Waals surface area contributed by atoms with Gasteiger partial charge in [0.2, 0.25) is 0 Å². The highest BCUT2D eigenvalue weighted by atomic mass is 16.5. The Hall–Kier alpha value is -1.66. The van der Waals surface area contributed by atoms with Gasteiger partial charge in [-0.15, -0.1) is 5.92 Å². The van der Waals surface area contributed by atoms with E-state index in [9.17, 15) is 0 Å². The number of benzene rings is 1. The Morgan fingerprint density at radius 1 is 1.22 bits per heavy atom. The first-order valence-electron chi connectivity index (χ1n) is 6.31. The van der Waals surface area contributed by atoms with Crippen molar-refractivity contribution in [3.05, 3.63) is 23.8 Å². The number of para-hydroxylation sites is 1. The zero-order chi connectivity index (χ0) is 13.2. The molecular formula is C15H21NO2. The summed E-state index contributed by atoms with van der Waals surface area (Å²) in [4.78, 5) is 0. The van der Waals surface area contributed by atoms with Crippen LogP contribution in [0, 0.1) is 11.8 Å². The normalized spacial score (nSPS) is 9.50. The molecule has 98 valence electrons. The van der Waals surface area contributed by atoms with Gasteiger partial charge in [0.05, 0.1) is 6.61 Å². The average Bonchev–Trinajstić information content (AvgIpc) is 2.39. The van der Waals surface area contributed by atoms with Crippen LogP contribution in [-0.4, -0.2) is 19.8 Å². The lowest BCUT2D eigenvalue weighted by molar-refractivity contribution is 0.296. The van der Waals surface area contributed by atoms with Gasteiger partial charge in [-0.05, 0) is 26.5 Å². The monoisotopic (exact) mass is 247 g/mol. The molecule has 0 aliphatic carbocycles. The maximum atomic E-state index is 5.72. The minimum atomic E-state index is 0.389. The van der Waals surface area contributed by atoms with Crippen molar-refractivity contribution in [2.75, 3.05) is 19.8 Å². The van der Waals surface area contributed by atoms with Crippen LogP contribution in [0.1, 0.15) is 26.3 Å². The van der Waals surface area contributed by atoms with Crippen molar-refractivity contribution in [1.29, 1.82) is 0 Å². The van der Waals surface area contributed by atoms with Crippen molar-refractivity contribution in [3.63, 3.8) is 0 Å². The lowest BCUT2D eigenvalue weighted by Crippen LogP contribution is -2.13. The van der Waals surface area contributed by atoms with Gasteiger partial charge in [0.15, 0.2) is 11.5 Å². The zero-order valence-corrected chi connectivity index (χ0v) is 11.4. The number of hydrogen-bond acceptors (Lipinski definition) is 3. The second-order valence-electron chi connectivity index (χ2n) is 3.67. The third kappa shape index (κ3) is 4.31. The molecule has 0 aliphatic rings. The second-order valence-corrected chi connectivity index (χ2v) is 3.67. The highest BCUT2D eigenvalue weighted by Gasteiger charge is 2.10. The topological polar surface area (TPSA) is 30.5 Å². The SMILES string of the molecule is CC#CCOc1c(CNCC)cccc1OCC. The standard InChI is InChI=1S/C15H21NO2/c1-4-7-11-18-15-13(12-16-5-2)9-8-10-14(15)17-6-3/h8-10,16H,5-6,11-12H2,1-3H3. The summed E-state index contributed by atoms with van der Waals surface area (Å²) >= 11 is 0. The zero-order valence-electron chi connectivity index (χ0n) is 11.4. The van der Waals surface area contributed by atoms with Crippen molar-refractivity contribution in [2.45, 2.75) is 27.3 Å². The molecule has 0 unspecified atom stereocenters. The minimum absolute atomic E-state index is 0.389. The Balaban J connectivity index is 2.90. The smallest absolute Gasteiger partial charge is 0.167 e. The number of ether oxygens (including phenoxy) is 2. The highest BCUT2D eigenvalue weighted by molar-refractivity contribution is 5.46. The van der Waals surface area contributed by atoms with Crippen LogP contribution in [0.2, 0.25) is 0 Å². The van der Waals surface area contributed by atoms with Crippen molar-refractivity contribution in [1.82, 2.24) is 5.32 Å². The van der Waals surface area contributed by atoms with E-state index < -0.39 is 0 Å². The van der Waals surface area contributed by atoms with E-state index in [0.29, 0.717) is 13.2 Å². The van der Waals surface area contributed by atoms with Crippen LogP contribution in [-0.2, 0) is 6.54 Å². The molecule has 1 N–H and O–H groups in total. The van der Waals surface area contributed by atoms with E-state index >= 15 is 0 Å². The largest absolute Gasteiger partial charge is 0.490 e. The molecule has 1 aromatic carbocycles. The summed E-state index contributed by atoms with van der Waals surface area (Å²) in [6.45, 7) is 8.55. The molecule has 0 aliphatic heterocycles. The molecule has 0 saturated carbocycles. The van der Waals surface area contributed by atoms with Crippen LogP contribution < -0.4 is 14.8 Å². The first kappa shape index (κ1) is 14.4. The molecule has 0 bridgehead atoms. The van der Waals surface area contributed by atoms with E-state index in [-0.39, 0.29) is 0 Å². The van der Waals surface area contributed by atoms with Crippen molar-refractivity contribution in [2.24, 2.45) is 0 Å². The predicted octanol–water partition coefficient (Wildman–Crippen LogP) is 2.60. The Morgan fingerprint density at radius 2 is 2.06 bits per heavy atom. The molecule has 1 aromatic rings. The molecule has 0 saturated heterocycles. The number of hydrogen-bond donors (Lipinski definition) is 1. The maximum absolute atomic E-state index is 5.72. The first-order valence-corrected chi connectivity index (χ1v) is 6.31. The fourth-order valence-corrected chi connectivity index (χ4v) is 1.57. The van der Waals surface area contributed by atoms with Gasteiger partial charge in [0.1, 0.15) is 6.61 Å². The van der Waals surface area contributed by atoms with E-state index in [2.05, 4.69) is 24.1 Å². The summed E-state index contributed by atoms with van der Waals surface area (Å²) in [5.41, 5.74) is 1.10. The van der Waals surface area contributed by atoms with Gasteiger partial charge in [-0.25, -0.2) is 0 Å². The van der Waals surface area contributed by atoms with Crippen LogP contribution in [0.15, 0.2) is 18.2 Å². The van der Waals surface area contributed by atoms with E-state index in [0.717, 1.165) is 30.2 Å². The fourth-order valence-electron chi connectivity index (χ4n) is 1.57. The Bertz CT molecular complexity index is 418. The highest BCUT2D eigenvalue weighted by Crippen LogP contribution is 2.31. The maximum Gasteiger partial charge on any atom is 0.167 e. The van der Waals surface area contributed by atoms with Gasteiger partial charge in [-0.1, -0.05) is 25.0 Å². The molecule has 3 heteroatoms. The minimum Gasteiger partial charge on any atom is -0.490 e. The molecular weight excluding hydrogens is 226 g/mol. The Kier molecular flexibility index (Phi) is 6.75. The van der Waals surface area contributed by atoms with Gasteiger partial charge in [-0.2, -0.15) is 0 Å². The third-order valence-corrected chi connectivity index (χ3v) is 2.39. The molecule has 3 nitrogen and oxygen atoms in total. The van der Waals surface area contributed by atoms with Gasteiger partial charge in [0.25, 0.3) is 0 Å². The number of nitrogens with one attached hydrogen (secondary N) is 1. The van der Waals surface area contributed by atoms with Crippen LogP contribution in [0.3, 0.4) is 0 Å². The van der Waals surface area contributed by atoms with Crippen LogP contribution in [0.5, 0.6) is 11.5 Å². The van der Waals surface area contributed by atoms with Crippen LogP contribution in [0.25, 0.3) is 0 Å². The molecule has 0 fully saturated rings. The summed E-state index contributed by atoms with van der Waals surface area (Å²) in [6.07, 6.45) is 0. The molecule has 0 atom stereocenters. The van der Waals surface area contributed by atoms with Crippen molar-refractivity contribution in [3.8, 4) is 23.3 Å². The third-order valence-electron chi connectivity index (χ3n) is 2.39. The molecule has 0 radical (unpaired) electrons. The van der Waals surface area contributed by atoms with Crippen molar-refractivity contribution >= 4 is 0 Å². The van der Waals surface area contributed by atoms with E-state index in [4.69, 9.17) is 9.47 Å². The van der Waals surface area contributed by atoms with E-state index in [1.807, 2.05) is 25.1 Å². The van der Waals surface area contributed by atoms with Gasteiger partial charge in [0, 0.05) is 12.1 Å². The molecule has 0 amide bonds. The van der Waals surface area contributed by atoms with Crippen molar-refractivity contribution < 1.29 is 9.47 Å². The summed E-state index contributed by atoms with van der Waals surface area (Å²) < 4.78 is 11.3. The number of rotatable bonds is 7. The predicted molar refractivity (Wildman–Crippen MR) is 73.9 cm³/mol. The van der Waals surface area contributed by atoms with Crippen LogP contribution in [0.4, 0.5) is 0 Å². The average molecular weight is 247 g/mol. The van der Waals surface area contributed by atoms with Gasteiger partial charge < -0.3 is 14.8 Å².